The number of benzene rings is 1. The first-order valence-corrected chi connectivity index (χ1v) is 9.34. The zero-order chi connectivity index (χ0) is 18.5. The Morgan fingerprint density at radius 1 is 1.19 bits per heavy atom. The van der Waals surface area contributed by atoms with Gasteiger partial charge in [0.05, 0.1) is 25.4 Å². The van der Waals surface area contributed by atoms with Crippen LogP contribution >= 0.6 is 0 Å². The average Bonchev–Trinajstić information content (AvgIpc) is 2.83. The van der Waals surface area contributed by atoms with Crippen molar-refractivity contribution in [3.05, 3.63) is 29.3 Å². The highest BCUT2D eigenvalue weighted by Crippen LogP contribution is 2.28. The number of ether oxygens (including phenoxy) is 3. The standard InChI is InChI=1S/C20H27NO5/c1-14-12-21(7-4-8-25-14)19(22)16-9-17(20(23)24-2)11-18(10-16)26-13-15-5-3-6-15/h9-11,14-15H,3-8,12-13H2,1-2H3. The van der Waals surface area contributed by atoms with Crippen LogP contribution in [-0.2, 0) is 9.47 Å². The normalized spacial score (nSPS) is 20.8. The first-order chi connectivity index (χ1) is 12.6. The fourth-order valence-electron chi connectivity index (χ4n) is 3.28. The molecule has 2 fully saturated rings. The van der Waals surface area contributed by atoms with E-state index in [4.69, 9.17) is 14.2 Å². The molecule has 0 N–H and O–H groups in total. The highest BCUT2D eigenvalue weighted by atomic mass is 16.5. The smallest absolute Gasteiger partial charge is 0.338 e. The lowest BCUT2D eigenvalue weighted by Gasteiger charge is -2.25. The molecule has 1 saturated heterocycles. The minimum absolute atomic E-state index is 0.000392. The lowest BCUT2D eigenvalue weighted by atomic mass is 9.86. The summed E-state index contributed by atoms with van der Waals surface area (Å²) in [6.07, 6.45) is 4.40. The molecule has 1 aromatic carbocycles. The van der Waals surface area contributed by atoms with E-state index in [0.717, 1.165) is 6.42 Å². The molecule has 0 spiro atoms. The highest BCUT2D eigenvalue weighted by molar-refractivity contribution is 5.98. The van der Waals surface area contributed by atoms with Gasteiger partial charge in [-0.15, -0.1) is 0 Å². The molecule has 0 radical (unpaired) electrons. The number of carbonyl (C=O) groups excluding carboxylic acids is 2. The first kappa shape index (κ1) is 18.7. The van der Waals surface area contributed by atoms with Gasteiger partial charge in [-0.1, -0.05) is 6.42 Å². The minimum atomic E-state index is -0.472. The van der Waals surface area contributed by atoms with Crippen molar-refractivity contribution in [2.24, 2.45) is 5.92 Å². The van der Waals surface area contributed by atoms with E-state index in [1.165, 1.54) is 26.4 Å². The summed E-state index contributed by atoms with van der Waals surface area (Å²) in [6, 6.07) is 4.96. The van der Waals surface area contributed by atoms with Gasteiger partial charge in [-0.25, -0.2) is 4.79 Å². The topological polar surface area (TPSA) is 65.1 Å². The molecule has 3 rings (SSSR count). The molecule has 0 bridgehead atoms. The Bertz CT molecular complexity index is 656. The van der Waals surface area contributed by atoms with Gasteiger partial charge in [0.2, 0.25) is 0 Å². The van der Waals surface area contributed by atoms with Gasteiger partial charge < -0.3 is 19.1 Å². The van der Waals surface area contributed by atoms with Crippen molar-refractivity contribution in [1.29, 1.82) is 0 Å². The number of amides is 1. The number of carbonyl (C=O) groups is 2. The molecule has 26 heavy (non-hydrogen) atoms. The van der Waals surface area contributed by atoms with Crippen molar-refractivity contribution >= 4 is 11.9 Å². The molecule has 6 heteroatoms. The summed E-state index contributed by atoms with van der Waals surface area (Å²) in [5.41, 5.74) is 0.784. The molecule has 1 aliphatic heterocycles. The largest absolute Gasteiger partial charge is 0.493 e. The quantitative estimate of drug-likeness (QED) is 0.755. The van der Waals surface area contributed by atoms with Crippen LogP contribution in [0, 0.1) is 5.92 Å². The molecule has 1 unspecified atom stereocenters. The fraction of sp³-hybridized carbons (Fsp3) is 0.600. The predicted molar refractivity (Wildman–Crippen MR) is 96.6 cm³/mol. The first-order valence-electron chi connectivity index (χ1n) is 9.34. The van der Waals surface area contributed by atoms with Crippen LogP contribution < -0.4 is 4.74 Å². The van der Waals surface area contributed by atoms with Gasteiger partial charge in [-0.05, 0) is 50.3 Å². The van der Waals surface area contributed by atoms with E-state index in [9.17, 15) is 9.59 Å². The average molecular weight is 361 g/mol. The van der Waals surface area contributed by atoms with E-state index >= 15 is 0 Å². The highest BCUT2D eigenvalue weighted by Gasteiger charge is 2.24. The van der Waals surface area contributed by atoms with E-state index in [1.54, 1.807) is 23.1 Å². The summed E-state index contributed by atoms with van der Waals surface area (Å²) < 4.78 is 16.3. The molecular weight excluding hydrogens is 334 g/mol. The van der Waals surface area contributed by atoms with E-state index in [0.29, 0.717) is 49.1 Å². The molecule has 142 valence electrons. The van der Waals surface area contributed by atoms with Crippen LogP contribution in [0.25, 0.3) is 0 Å². The van der Waals surface area contributed by atoms with Crippen LogP contribution in [0.5, 0.6) is 5.75 Å². The lowest BCUT2D eigenvalue weighted by molar-refractivity contribution is 0.0562. The molecule has 1 saturated carbocycles. The maximum absolute atomic E-state index is 13.0. The molecule has 2 aliphatic rings. The van der Waals surface area contributed by atoms with Crippen molar-refractivity contribution in [3.63, 3.8) is 0 Å². The molecule has 1 heterocycles. The fourth-order valence-corrected chi connectivity index (χ4v) is 3.28. The second-order valence-electron chi connectivity index (χ2n) is 7.13. The maximum atomic E-state index is 13.0. The number of methoxy groups -OCH3 is 1. The van der Waals surface area contributed by atoms with Crippen molar-refractivity contribution in [2.45, 2.75) is 38.7 Å². The molecular formula is C20H27NO5. The van der Waals surface area contributed by atoms with E-state index in [1.807, 2.05) is 6.92 Å². The second kappa shape index (κ2) is 8.54. The summed E-state index contributed by atoms with van der Waals surface area (Å²) in [6.45, 7) is 4.42. The van der Waals surface area contributed by atoms with Crippen LogP contribution in [0.2, 0.25) is 0 Å². The van der Waals surface area contributed by atoms with Gasteiger partial charge in [-0.2, -0.15) is 0 Å². The van der Waals surface area contributed by atoms with Crippen molar-refractivity contribution in [2.75, 3.05) is 33.4 Å². The number of rotatable bonds is 5. The third-order valence-electron chi connectivity index (χ3n) is 5.02. The zero-order valence-corrected chi connectivity index (χ0v) is 15.5. The van der Waals surface area contributed by atoms with Crippen LogP contribution in [-0.4, -0.2) is 56.3 Å². The number of hydrogen-bond donors (Lipinski definition) is 0. The van der Waals surface area contributed by atoms with Gasteiger partial charge in [0.25, 0.3) is 5.91 Å². The Kier molecular flexibility index (Phi) is 6.14. The van der Waals surface area contributed by atoms with E-state index in [2.05, 4.69) is 0 Å². The van der Waals surface area contributed by atoms with Gasteiger partial charge in [0.1, 0.15) is 5.75 Å². The molecule has 6 nitrogen and oxygen atoms in total. The van der Waals surface area contributed by atoms with Crippen molar-refractivity contribution in [3.8, 4) is 5.75 Å². The number of esters is 1. The van der Waals surface area contributed by atoms with Gasteiger partial charge >= 0.3 is 5.97 Å². The Morgan fingerprint density at radius 2 is 1.96 bits per heavy atom. The Balaban J connectivity index is 1.80. The molecule has 0 aromatic heterocycles. The van der Waals surface area contributed by atoms with E-state index in [-0.39, 0.29) is 12.0 Å². The summed E-state index contributed by atoms with van der Waals surface area (Å²) in [7, 11) is 1.33. The molecule has 1 amide bonds. The lowest BCUT2D eigenvalue weighted by Crippen LogP contribution is -2.36. The summed E-state index contributed by atoms with van der Waals surface area (Å²) in [5, 5.41) is 0. The third kappa shape index (κ3) is 4.55. The second-order valence-corrected chi connectivity index (χ2v) is 7.13. The molecule has 1 aliphatic carbocycles. The number of hydrogen-bond acceptors (Lipinski definition) is 5. The van der Waals surface area contributed by atoms with E-state index < -0.39 is 5.97 Å². The molecule has 1 atom stereocenters. The zero-order valence-electron chi connectivity index (χ0n) is 15.5. The monoisotopic (exact) mass is 361 g/mol. The van der Waals surface area contributed by atoms with Gasteiger partial charge in [0.15, 0.2) is 0 Å². The maximum Gasteiger partial charge on any atom is 0.338 e. The van der Waals surface area contributed by atoms with Crippen LogP contribution in [0.1, 0.15) is 53.3 Å². The molecule has 1 aromatic rings. The van der Waals surface area contributed by atoms with Crippen molar-refractivity contribution < 1.29 is 23.8 Å². The third-order valence-corrected chi connectivity index (χ3v) is 5.02. The SMILES string of the molecule is COC(=O)c1cc(OCC2CCC2)cc(C(=O)N2CCCOC(C)C2)c1. The summed E-state index contributed by atoms with van der Waals surface area (Å²) in [5.74, 6) is 0.532. The number of nitrogens with zero attached hydrogens (tertiary/aromatic N) is 1. The van der Waals surface area contributed by atoms with Gasteiger partial charge in [0, 0.05) is 25.3 Å². The van der Waals surface area contributed by atoms with Crippen molar-refractivity contribution in [1.82, 2.24) is 4.90 Å². The minimum Gasteiger partial charge on any atom is -0.493 e. The Hall–Kier alpha value is -2.08. The Morgan fingerprint density at radius 3 is 2.65 bits per heavy atom. The van der Waals surface area contributed by atoms with Gasteiger partial charge in [-0.3, -0.25) is 4.79 Å². The van der Waals surface area contributed by atoms with Crippen LogP contribution in [0.3, 0.4) is 0 Å². The summed E-state index contributed by atoms with van der Waals surface area (Å²) >= 11 is 0. The van der Waals surface area contributed by atoms with Crippen LogP contribution in [0.15, 0.2) is 18.2 Å². The summed E-state index contributed by atoms with van der Waals surface area (Å²) in [4.78, 5) is 26.8. The Labute approximate surface area is 154 Å². The van der Waals surface area contributed by atoms with Crippen LogP contribution in [0.4, 0.5) is 0 Å². The predicted octanol–water partition coefficient (Wildman–Crippen LogP) is 2.90.